The second kappa shape index (κ2) is 16.8. The van der Waals surface area contributed by atoms with Crippen molar-refractivity contribution in [2.24, 2.45) is 5.73 Å². The number of carbonyl (C=O) groups is 1. The molecular formula is C31H27Cl2F4N7O6S2. The molecule has 21 heteroatoms. The standard InChI is InChI=1S/C16H12ClF3N4O3S.C15H15ClFN3O3S/c1-28(25,26)24(11-4-5-13(18)12(17)6-11)8-10-3-2-9(7-21-10)15-22-23-16(27-15)14(19)20;1-24(22,23)20(12-4-5-14(17)13(16)6-12)9-11-3-2-10(8-19-11)15(21)7-18/h2-7,14H,8H2,1H3;2-6,8H,7,9,18H2,1H3. The molecule has 2 N–H and O–H groups in total. The van der Waals surface area contributed by atoms with Crippen LogP contribution in [-0.4, -0.2) is 61.8 Å². The fourth-order valence-corrected chi connectivity index (χ4v) is 6.34. The third-order valence-corrected chi connectivity index (χ3v) is 9.69. The highest BCUT2D eigenvalue weighted by molar-refractivity contribution is 7.92. The van der Waals surface area contributed by atoms with E-state index in [2.05, 4.69) is 20.2 Å². The van der Waals surface area contributed by atoms with Gasteiger partial charge in [-0.2, -0.15) is 8.78 Å². The summed E-state index contributed by atoms with van der Waals surface area (Å²) in [6, 6.07) is 13.2. The minimum Gasteiger partial charge on any atom is -0.415 e. The third-order valence-electron chi connectivity index (χ3n) is 6.83. The van der Waals surface area contributed by atoms with Crippen LogP contribution in [0.1, 0.15) is 34.1 Å². The largest absolute Gasteiger partial charge is 0.415 e. The quantitative estimate of drug-likeness (QED) is 0.119. The smallest absolute Gasteiger partial charge is 0.314 e. The van der Waals surface area contributed by atoms with Gasteiger partial charge < -0.3 is 10.2 Å². The molecule has 0 atom stereocenters. The van der Waals surface area contributed by atoms with E-state index in [4.69, 9.17) is 33.4 Å². The van der Waals surface area contributed by atoms with Crippen molar-refractivity contribution in [1.29, 1.82) is 0 Å². The van der Waals surface area contributed by atoms with Gasteiger partial charge in [-0.05, 0) is 60.7 Å². The van der Waals surface area contributed by atoms with Crippen molar-refractivity contribution in [2.45, 2.75) is 19.5 Å². The summed E-state index contributed by atoms with van der Waals surface area (Å²) >= 11 is 11.5. The van der Waals surface area contributed by atoms with Gasteiger partial charge >= 0.3 is 6.43 Å². The first-order chi connectivity index (χ1) is 24.4. The second-order valence-corrected chi connectivity index (χ2v) is 15.3. The number of sulfonamides is 2. The van der Waals surface area contributed by atoms with Gasteiger partial charge in [0, 0.05) is 18.0 Å². The topological polar surface area (TPSA) is 183 Å². The van der Waals surface area contributed by atoms with Crippen LogP contribution in [0.5, 0.6) is 0 Å². The summed E-state index contributed by atoms with van der Waals surface area (Å²) < 4.78 is 107. The van der Waals surface area contributed by atoms with Crippen LogP contribution in [-0.2, 0) is 33.1 Å². The van der Waals surface area contributed by atoms with Crippen molar-refractivity contribution in [3.8, 4) is 11.5 Å². The average molecular weight is 805 g/mol. The van der Waals surface area contributed by atoms with E-state index in [1.54, 1.807) is 0 Å². The summed E-state index contributed by atoms with van der Waals surface area (Å²) in [6.07, 6.45) is 1.75. The van der Waals surface area contributed by atoms with Crippen LogP contribution in [0.3, 0.4) is 0 Å². The molecule has 0 amide bonds. The number of nitrogens with zero attached hydrogens (tertiary/aromatic N) is 6. The van der Waals surface area contributed by atoms with Crippen molar-refractivity contribution >= 4 is 60.4 Å². The summed E-state index contributed by atoms with van der Waals surface area (Å²) in [4.78, 5) is 19.7. The molecule has 0 aliphatic heterocycles. The Morgan fingerprint density at radius 3 is 1.65 bits per heavy atom. The van der Waals surface area contributed by atoms with E-state index >= 15 is 0 Å². The minimum absolute atomic E-state index is 0.0854. The maximum atomic E-state index is 13.4. The Hall–Kier alpha value is -4.69. The zero-order chi connectivity index (χ0) is 38.4. The highest BCUT2D eigenvalue weighted by Gasteiger charge is 2.22. The predicted molar refractivity (Wildman–Crippen MR) is 185 cm³/mol. The number of hydrogen-bond acceptors (Lipinski definition) is 11. The summed E-state index contributed by atoms with van der Waals surface area (Å²) in [5.74, 6) is -2.53. The summed E-state index contributed by atoms with van der Waals surface area (Å²) in [5.41, 5.74) is 7.04. The Kier molecular flexibility index (Phi) is 12.9. The molecule has 2 aromatic carbocycles. The molecular weight excluding hydrogens is 777 g/mol. The molecule has 0 saturated heterocycles. The zero-order valence-corrected chi connectivity index (χ0v) is 30.1. The van der Waals surface area contributed by atoms with Crippen LogP contribution in [0, 0.1) is 11.6 Å². The lowest BCUT2D eigenvalue weighted by atomic mass is 10.2. The normalized spacial score (nSPS) is 11.6. The molecule has 3 aromatic heterocycles. The molecule has 3 heterocycles. The molecule has 276 valence electrons. The van der Waals surface area contributed by atoms with E-state index in [1.807, 2.05) is 0 Å². The first-order valence-corrected chi connectivity index (χ1v) is 18.9. The van der Waals surface area contributed by atoms with Crippen LogP contribution in [0.15, 0.2) is 77.5 Å². The maximum absolute atomic E-state index is 13.4. The number of pyridine rings is 2. The Morgan fingerprint density at radius 1 is 0.788 bits per heavy atom. The van der Waals surface area contributed by atoms with Gasteiger partial charge in [0.15, 0.2) is 5.78 Å². The summed E-state index contributed by atoms with van der Waals surface area (Å²) in [6.45, 7) is -0.379. The minimum atomic E-state index is -3.73. The van der Waals surface area contributed by atoms with Gasteiger partial charge in [-0.25, -0.2) is 25.6 Å². The molecule has 0 fully saturated rings. The average Bonchev–Trinajstić information content (AvgIpc) is 3.59. The van der Waals surface area contributed by atoms with E-state index in [9.17, 15) is 39.2 Å². The van der Waals surface area contributed by atoms with Gasteiger partial charge in [0.1, 0.15) is 11.6 Å². The number of anilines is 2. The van der Waals surface area contributed by atoms with E-state index in [0.717, 1.165) is 33.3 Å². The van der Waals surface area contributed by atoms with Gasteiger partial charge in [-0.15, -0.1) is 10.2 Å². The lowest BCUT2D eigenvalue weighted by Gasteiger charge is -2.22. The lowest BCUT2D eigenvalue weighted by Crippen LogP contribution is -2.29. The van der Waals surface area contributed by atoms with Crippen LogP contribution < -0.4 is 14.3 Å². The van der Waals surface area contributed by atoms with Crippen LogP contribution in [0.2, 0.25) is 10.0 Å². The number of Topliss-reactive ketones (excluding diaryl/α,β-unsaturated/α-hetero) is 1. The Morgan fingerprint density at radius 2 is 1.29 bits per heavy atom. The molecule has 0 aliphatic rings. The highest BCUT2D eigenvalue weighted by atomic mass is 35.5. The fraction of sp³-hybridized carbons (Fsp3) is 0.194. The second-order valence-electron chi connectivity index (χ2n) is 10.7. The third kappa shape index (κ3) is 10.4. The SMILES string of the molecule is CS(=O)(=O)N(Cc1ccc(-c2nnc(C(F)F)o2)cn1)c1ccc(F)c(Cl)c1.CS(=O)(=O)N(Cc1ccc(C(=O)CN)cn1)c1ccc(F)c(Cl)c1. The van der Waals surface area contributed by atoms with E-state index in [-0.39, 0.29) is 52.7 Å². The van der Waals surface area contributed by atoms with Gasteiger partial charge in [-0.1, -0.05) is 23.2 Å². The van der Waals surface area contributed by atoms with Gasteiger partial charge in [0.25, 0.3) is 5.89 Å². The lowest BCUT2D eigenvalue weighted by molar-refractivity contribution is 0.100. The van der Waals surface area contributed by atoms with Crippen LogP contribution in [0.4, 0.5) is 28.9 Å². The number of aromatic nitrogens is 4. The number of halogens is 6. The van der Waals surface area contributed by atoms with E-state index < -0.39 is 44.0 Å². The van der Waals surface area contributed by atoms with Crippen molar-refractivity contribution < 1.29 is 43.6 Å². The number of rotatable bonds is 12. The number of hydrogen-bond donors (Lipinski definition) is 1. The summed E-state index contributed by atoms with van der Waals surface area (Å²) in [7, 11) is -7.38. The first-order valence-electron chi connectivity index (χ1n) is 14.5. The number of benzene rings is 2. The molecule has 0 aliphatic carbocycles. The van der Waals surface area contributed by atoms with Crippen molar-refractivity contribution in [3.63, 3.8) is 0 Å². The Labute approximate surface area is 305 Å². The van der Waals surface area contributed by atoms with Crippen molar-refractivity contribution in [2.75, 3.05) is 27.7 Å². The Balaban J connectivity index is 0.000000236. The summed E-state index contributed by atoms with van der Waals surface area (Å²) in [5, 5.41) is 6.33. The first kappa shape index (κ1) is 40.1. The molecule has 5 rings (SSSR count). The maximum Gasteiger partial charge on any atom is 0.314 e. The van der Waals surface area contributed by atoms with Gasteiger partial charge in [0.05, 0.1) is 70.5 Å². The monoisotopic (exact) mass is 803 g/mol. The van der Waals surface area contributed by atoms with Crippen molar-refractivity contribution in [1.82, 2.24) is 20.2 Å². The molecule has 52 heavy (non-hydrogen) atoms. The molecule has 5 aromatic rings. The molecule has 13 nitrogen and oxygen atoms in total. The van der Waals surface area contributed by atoms with Crippen LogP contribution in [0.25, 0.3) is 11.5 Å². The Bertz CT molecular complexity index is 2270. The number of alkyl halides is 2. The molecule has 0 bridgehead atoms. The molecule has 0 radical (unpaired) electrons. The number of nitrogens with two attached hydrogens (primary N) is 1. The molecule has 0 spiro atoms. The van der Waals surface area contributed by atoms with Gasteiger partial charge in [-0.3, -0.25) is 23.4 Å². The fourth-order valence-electron chi connectivity index (χ4n) is 4.26. The molecule has 0 saturated carbocycles. The number of ketones is 1. The number of carbonyl (C=O) groups excluding carboxylic acids is 1. The van der Waals surface area contributed by atoms with Crippen molar-refractivity contribution in [3.05, 3.63) is 118 Å². The van der Waals surface area contributed by atoms with E-state index in [1.165, 1.54) is 60.9 Å². The predicted octanol–water partition coefficient (Wildman–Crippen LogP) is 5.81. The van der Waals surface area contributed by atoms with Crippen LogP contribution >= 0.6 is 23.2 Å². The van der Waals surface area contributed by atoms with E-state index in [0.29, 0.717) is 22.5 Å². The molecule has 0 unspecified atom stereocenters. The zero-order valence-electron chi connectivity index (χ0n) is 26.9. The van der Waals surface area contributed by atoms with Gasteiger partial charge in [0.2, 0.25) is 25.9 Å². The highest BCUT2D eigenvalue weighted by Crippen LogP contribution is 2.28.